The van der Waals surface area contributed by atoms with Crippen molar-refractivity contribution in [1.29, 1.82) is 0 Å². The highest BCUT2D eigenvalue weighted by Crippen LogP contribution is 2.33. The number of nitrogens with zero attached hydrogens (tertiary/aromatic N) is 2. The average Bonchev–Trinajstić information content (AvgIpc) is 2.96. The Morgan fingerprint density at radius 2 is 1.61 bits per heavy atom. The van der Waals surface area contributed by atoms with Gasteiger partial charge in [0.05, 0.1) is 17.2 Å². The second-order valence-electron chi connectivity index (χ2n) is 9.30. The molecule has 1 unspecified atom stereocenters. The molecule has 3 aromatic carbocycles. The van der Waals surface area contributed by atoms with E-state index in [1.807, 2.05) is 6.92 Å². The summed E-state index contributed by atoms with van der Waals surface area (Å²) < 4.78 is 34.7. The van der Waals surface area contributed by atoms with Crippen molar-refractivity contribution in [1.82, 2.24) is 10.2 Å². The minimum atomic E-state index is -4.26. The standard InChI is InChI=1S/C30H35Cl2N3O5S/c1-4-6-19-33-30(37)22(3)34(20-23-11-7-8-12-26(23)32)29(36)21-35(27-13-9-10-14-28(27)40-5-2)41(38,39)25-17-15-24(31)16-18-25/h7-18,22H,4-6,19-21H2,1-3H3,(H,33,37). The minimum absolute atomic E-state index is 0.00279. The van der Waals surface area contributed by atoms with Gasteiger partial charge < -0.3 is 15.0 Å². The summed E-state index contributed by atoms with van der Waals surface area (Å²) in [6.07, 6.45) is 1.69. The van der Waals surface area contributed by atoms with E-state index in [1.165, 1.54) is 29.2 Å². The third kappa shape index (κ3) is 8.38. The monoisotopic (exact) mass is 619 g/mol. The van der Waals surface area contributed by atoms with Crippen molar-refractivity contribution in [2.75, 3.05) is 24.0 Å². The second kappa shape index (κ2) is 15.1. The molecular weight excluding hydrogens is 585 g/mol. The van der Waals surface area contributed by atoms with Gasteiger partial charge >= 0.3 is 0 Å². The first kappa shape index (κ1) is 32.2. The Bertz CT molecular complexity index is 1430. The minimum Gasteiger partial charge on any atom is -0.492 e. The molecule has 0 heterocycles. The lowest BCUT2D eigenvalue weighted by Gasteiger charge is -2.32. The molecular formula is C30H35Cl2N3O5S. The third-order valence-corrected chi connectivity index (χ3v) is 8.80. The summed E-state index contributed by atoms with van der Waals surface area (Å²) >= 11 is 12.4. The smallest absolute Gasteiger partial charge is 0.264 e. The molecule has 0 aliphatic carbocycles. The fraction of sp³-hybridized carbons (Fsp3) is 0.333. The van der Waals surface area contributed by atoms with Crippen LogP contribution in [0.1, 0.15) is 39.2 Å². The Morgan fingerprint density at radius 3 is 2.27 bits per heavy atom. The summed E-state index contributed by atoms with van der Waals surface area (Å²) in [5.74, 6) is -0.643. The van der Waals surface area contributed by atoms with Gasteiger partial charge in [-0.05, 0) is 68.3 Å². The van der Waals surface area contributed by atoms with E-state index < -0.39 is 28.5 Å². The summed E-state index contributed by atoms with van der Waals surface area (Å²) in [4.78, 5) is 28.4. The van der Waals surface area contributed by atoms with Crippen LogP contribution in [0.25, 0.3) is 0 Å². The van der Waals surface area contributed by atoms with E-state index in [0.717, 1.165) is 17.1 Å². The topological polar surface area (TPSA) is 96.0 Å². The van der Waals surface area contributed by atoms with Crippen molar-refractivity contribution < 1.29 is 22.7 Å². The average molecular weight is 621 g/mol. The van der Waals surface area contributed by atoms with Crippen molar-refractivity contribution in [3.05, 3.63) is 88.4 Å². The third-order valence-electron chi connectivity index (χ3n) is 6.41. The Hall–Kier alpha value is -3.27. The Labute approximate surface area is 252 Å². The van der Waals surface area contributed by atoms with E-state index in [4.69, 9.17) is 27.9 Å². The zero-order valence-electron chi connectivity index (χ0n) is 23.3. The van der Waals surface area contributed by atoms with Crippen molar-refractivity contribution in [2.45, 2.75) is 51.1 Å². The van der Waals surface area contributed by atoms with Crippen molar-refractivity contribution >= 4 is 50.7 Å². The van der Waals surface area contributed by atoms with Gasteiger partial charge in [0, 0.05) is 23.1 Å². The van der Waals surface area contributed by atoms with E-state index in [0.29, 0.717) is 27.9 Å². The molecule has 0 aliphatic heterocycles. The molecule has 0 bridgehead atoms. The highest BCUT2D eigenvalue weighted by molar-refractivity contribution is 7.92. The van der Waals surface area contributed by atoms with Gasteiger partial charge in [-0.1, -0.05) is 66.9 Å². The van der Waals surface area contributed by atoms with Crippen molar-refractivity contribution in [3.63, 3.8) is 0 Å². The molecule has 0 fully saturated rings. The van der Waals surface area contributed by atoms with E-state index in [2.05, 4.69) is 5.32 Å². The fourth-order valence-corrected chi connectivity index (χ4v) is 5.86. The number of nitrogens with one attached hydrogen (secondary N) is 1. The summed E-state index contributed by atoms with van der Waals surface area (Å²) in [7, 11) is -4.26. The molecule has 1 N–H and O–H groups in total. The number of unbranched alkanes of at least 4 members (excludes halogenated alkanes) is 1. The number of sulfonamides is 1. The van der Waals surface area contributed by atoms with E-state index in [1.54, 1.807) is 62.4 Å². The van der Waals surface area contributed by atoms with Crippen LogP contribution in [0.15, 0.2) is 77.7 Å². The number of carbonyl (C=O) groups is 2. The molecule has 11 heteroatoms. The Morgan fingerprint density at radius 1 is 0.951 bits per heavy atom. The second-order valence-corrected chi connectivity index (χ2v) is 12.0. The predicted octanol–water partition coefficient (Wildman–Crippen LogP) is 5.92. The molecule has 220 valence electrons. The van der Waals surface area contributed by atoms with Gasteiger partial charge in [-0.2, -0.15) is 0 Å². The highest BCUT2D eigenvalue weighted by Gasteiger charge is 2.34. The molecule has 0 spiro atoms. The number of rotatable bonds is 14. The highest BCUT2D eigenvalue weighted by atomic mass is 35.5. The Balaban J connectivity index is 2.06. The van der Waals surface area contributed by atoms with Crippen LogP contribution in [0.5, 0.6) is 5.75 Å². The molecule has 2 amide bonds. The lowest BCUT2D eigenvalue weighted by Crippen LogP contribution is -2.51. The summed E-state index contributed by atoms with van der Waals surface area (Å²) in [5.41, 5.74) is 0.813. The first-order valence-corrected chi connectivity index (χ1v) is 15.6. The largest absolute Gasteiger partial charge is 0.492 e. The molecule has 0 aromatic heterocycles. The number of amides is 2. The lowest BCUT2D eigenvalue weighted by atomic mass is 10.1. The maximum absolute atomic E-state index is 14.1. The van der Waals surface area contributed by atoms with Gasteiger partial charge in [-0.3, -0.25) is 13.9 Å². The number of anilines is 1. The molecule has 8 nitrogen and oxygen atoms in total. The van der Waals surface area contributed by atoms with Crippen LogP contribution in [0.3, 0.4) is 0 Å². The molecule has 1 atom stereocenters. The van der Waals surface area contributed by atoms with Crippen LogP contribution in [0.2, 0.25) is 10.0 Å². The van der Waals surface area contributed by atoms with E-state index >= 15 is 0 Å². The summed E-state index contributed by atoms with van der Waals surface area (Å²) in [5, 5.41) is 3.66. The molecule has 3 aromatic rings. The molecule has 0 aliphatic rings. The summed E-state index contributed by atoms with van der Waals surface area (Å²) in [6.45, 7) is 5.57. The lowest BCUT2D eigenvalue weighted by molar-refractivity contribution is -0.139. The number of carbonyl (C=O) groups excluding carboxylic acids is 2. The van der Waals surface area contributed by atoms with E-state index in [-0.39, 0.29) is 29.6 Å². The van der Waals surface area contributed by atoms with E-state index in [9.17, 15) is 18.0 Å². The fourth-order valence-electron chi connectivity index (χ4n) is 4.12. The predicted molar refractivity (Wildman–Crippen MR) is 163 cm³/mol. The maximum atomic E-state index is 14.1. The van der Waals surface area contributed by atoms with Crippen LogP contribution in [0, 0.1) is 0 Å². The van der Waals surface area contributed by atoms with Gasteiger partial charge in [0.1, 0.15) is 18.3 Å². The zero-order chi connectivity index (χ0) is 30.0. The van der Waals surface area contributed by atoms with Gasteiger partial charge in [0.25, 0.3) is 10.0 Å². The molecule has 41 heavy (non-hydrogen) atoms. The molecule has 0 radical (unpaired) electrons. The molecule has 0 saturated carbocycles. The number of benzene rings is 3. The van der Waals surface area contributed by atoms with Crippen LogP contribution >= 0.6 is 23.2 Å². The summed E-state index contributed by atoms with van der Waals surface area (Å²) in [6, 6.07) is 18.4. The number of hydrogen-bond donors (Lipinski definition) is 1. The van der Waals surface area contributed by atoms with Crippen LogP contribution < -0.4 is 14.4 Å². The first-order valence-electron chi connectivity index (χ1n) is 13.4. The van der Waals surface area contributed by atoms with Gasteiger partial charge in [-0.15, -0.1) is 0 Å². The molecule has 3 rings (SSSR count). The SMILES string of the molecule is CCCCNC(=O)C(C)N(Cc1ccccc1Cl)C(=O)CN(c1ccccc1OCC)S(=O)(=O)c1ccc(Cl)cc1. The first-order chi connectivity index (χ1) is 19.6. The van der Waals surface area contributed by atoms with Crippen LogP contribution in [0.4, 0.5) is 5.69 Å². The Kier molecular flexibility index (Phi) is 11.9. The quantitative estimate of drug-likeness (QED) is 0.226. The van der Waals surface area contributed by atoms with Crippen LogP contribution in [-0.4, -0.2) is 50.9 Å². The number of ether oxygens (including phenoxy) is 1. The number of hydrogen-bond acceptors (Lipinski definition) is 5. The van der Waals surface area contributed by atoms with Crippen LogP contribution in [-0.2, 0) is 26.2 Å². The van der Waals surface area contributed by atoms with Crippen molar-refractivity contribution in [3.8, 4) is 5.75 Å². The molecule has 0 saturated heterocycles. The normalized spacial score (nSPS) is 11.9. The number of para-hydroxylation sites is 2. The number of halogens is 2. The van der Waals surface area contributed by atoms with Crippen molar-refractivity contribution in [2.24, 2.45) is 0 Å². The van der Waals surface area contributed by atoms with Gasteiger partial charge in [0.15, 0.2) is 0 Å². The maximum Gasteiger partial charge on any atom is 0.264 e. The van der Waals surface area contributed by atoms with Gasteiger partial charge in [0.2, 0.25) is 11.8 Å². The van der Waals surface area contributed by atoms with Gasteiger partial charge in [-0.25, -0.2) is 8.42 Å². The zero-order valence-corrected chi connectivity index (χ0v) is 25.7.